The maximum Gasteiger partial charge on any atom is 0.248 e. The topological polar surface area (TPSA) is 58.4 Å². The van der Waals surface area contributed by atoms with Crippen LogP contribution >= 0.6 is 0 Å². The molecule has 1 aromatic rings. The molecule has 0 saturated carbocycles. The van der Waals surface area contributed by atoms with Crippen LogP contribution in [0, 0.1) is 5.82 Å². The van der Waals surface area contributed by atoms with Gasteiger partial charge < -0.3 is 16.0 Å². The number of nitrogens with zero attached hydrogens (tertiary/aromatic N) is 1. The Labute approximate surface area is 119 Å². The highest BCUT2D eigenvalue weighted by atomic mass is 19.1. The fourth-order valence-electron chi connectivity index (χ4n) is 2.63. The van der Waals surface area contributed by atoms with E-state index < -0.39 is 5.91 Å². The highest BCUT2D eigenvalue weighted by molar-refractivity contribution is 5.93. The van der Waals surface area contributed by atoms with Crippen molar-refractivity contribution in [2.45, 2.75) is 32.2 Å². The average Bonchev–Trinajstić information content (AvgIpc) is 2.43. The van der Waals surface area contributed by atoms with Gasteiger partial charge in [-0.1, -0.05) is 6.92 Å². The summed E-state index contributed by atoms with van der Waals surface area (Å²) < 4.78 is 13.8. The van der Waals surface area contributed by atoms with Crippen molar-refractivity contribution in [1.82, 2.24) is 4.90 Å². The minimum atomic E-state index is -0.536. The molecular formula is C15H22FN3O. The molecule has 4 nitrogen and oxygen atoms in total. The molecule has 1 aromatic carbocycles. The zero-order valence-corrected chi connectivity index (χ0v) is 11.9. The Bertz CT molecular complexity index is 470. The molecule has 0 atom stereocenters. The second-order valence-electron chi connectivity index (χ2n) is 5.32. The van der Waals surface area contributed by atoms with Crippen LogP contribution in [0.1, 0.15) is 36.5 Å². The van der Waals surface area contributed by atoms with Crippen molar-refractivity contribution >= 4 is 11.6 Å². The quantitative estimate of drug-likeness (QED) is 0.869. The number of likely N-dealkylation sites (tertiary alicyclic amines) is 1. The lowest BCUT2D eigenvalue weighted by Gasteiger charge is -2.32. The number of carbonyl (C=O) groups excluding carboxylic acids is 1. The molecule has 20 heavy (non-hydrogen) atoms. The van der Waals surface area contributed by atoms with E-state index in [0.29, 0.717) is 11.3 Å². The molecule has 1 amide bonds. The van der Waals surface area contributed by atoms with Gasteiger partial charge in [-0.15, -0.1) is 0 Å². The summed E-state index contributed by atoms with van der Waals surface area (Å²) in [5.74, 6) is -0.878. The van der Waals surface area contributed by atoms with Crippen LogP contribution in [0.5, 0.6) is 0 Å². The molecule has 1 heterocycles. The summed E-state index contributed by atoms with van der Waals surface area (Å²) in [4.78, 5) is 13.6. The van der Waals surface area contributed by atoms with Crippen molar-refractivity contribution in [1.29, 1.82) is 0 Å². The van der Waals surface area contributed by atoms with Gasteiger partial charge in [-0.25, -0.2) is 4.39 Å². The Morgan fingerprint density at radius 3 is 2.75 bits per heavy atom. The molecule has 0 unspecified atom stereocenters. The standard InChI is InChI=1S/C15H22FN3O/c1-2-7-19-8-5-12(6-9-19)18-14-10-11(15(17)20)3-4-13(14)16/h3-4,10,12,18H,2,5-9H2,1H3,(H2,17,20). The van der Waals surface area contributed by atoms with E-state index in [4.69, 9.17) is 5.73 Å². The third-order valence-corrected chi connectivity index (χ3v) is 3.74. The summed E-state index contributed by atoms with van der Waals surface area (Å²) in [5.41, 5.74) is 5.92. The highest BCUT2D eigenvalue weighted by Crippen LogP contribution is 2.21. The van der Waals surface area contributed by atoms with Gasteiger partial charge in [0.25, 0.3) is 0 Å². The van der Waals surface area contributed by atoms with Crippen LogP contribution in [0.2, 0.25) is 0 Å². The molecule has 1 aliphatic rings. The third-order valence-electron chi connectivity index (χ3n) is 3.74. The predicted molar refractivity (Wildman–Crippen MR) is 78.3 cm³/mol. The number of amides is 1. The number of nitrogens with one attached hydrogen (secondary N) is 1. The number of anilines is 1. The lowest BCUT2D eigenvalue weighted by atomic mass is 10.0. The van der Waals surface area contributed by atoms with Crippen molar-refractivity contribution in [2.75, 3.05) is 25.0 Å². The number of halogens is 1. The van der Waals surface area contributed by atoms with Gasteiger partial charge >= 0.3 is 0 Å². The highest BCUT2D eigenvalue weighted by Gasteiger charge is 2.19. The number of primary amides is 1. The van der Waals surface area contributed by atoms with Crippen molar-refractivity contribution in [2.24, 2.45) is 5.73 Å². The Balaban J connectivity index is 1.97. The van der Waals surface area contributed by atoms with Gasteiger partial charge in [-0.05, 0) is 44.0 Å². The number of carbonyl (C=O) groups is 1. The minimum Gasteiger partial charge on any atom is -0.380 e. The molecule has 1 aliphatic heterocycles. The van der Waals surface area contributed by atoms with E-state index in [1.165, 1.54) is 18.2 Å². The molecule has 0 bridgehead atoms. The first-order valence-corrected chi connectivity index (χ1v) is 7.18. The van der Waals surface area contributed by atoms with E-state index in [1.807, 2.05) is 0 Å². The molecule has 1 fully saturated rings. The van der Waals surface area contributed by atoms with Crippen LogP contribution in [0.3, 0.4) is 0 Å². The zero-order valence-electron chi connectivity index (χ0n) is 11.9. The molecule has 5 heteroatoms. The fraction of sp³-hybridized carbons (Fsp3) is 0.533. The summed E-state index contributed by atoms with van der Waals surface area (Å²) >= 11 is 0. The monoisotopic (exact) mass is 279 g/mol. The van der Waals surface area contributed by atoms with Crippen molar-refractivity contribution in [3.05, 3.63) is 29.6 Å². The van der Waals surface area contributed by atoms with Crippen molar-refractivity contribution in [3.63, 3.8) is 0 Å². The molecule has 0 spiro atoms. The zero-order chi connectivity index (χ0) is 14.5. The molecular weight excluding hydrogens is 257 g/mol. The van der Waals surface area contributed by atoms with Gasteiger partial charge in [0.15, 0.2) is 0 Å². The number of hydrogen-bond acceptors (Lipinski definition) is 3. The minimum absolute atomic E-state index is 0.251. The van der Waals surface area contributed by atoms with E-state index in [9.17, 15) is 9.18 Å². The number of piperidine rings is 1. The van der Waals surface area contributed by atoms with E-state index in [0.717, 1.165) is 38.9 Å². The van der Waals surface area contributed by atoms with Crippen LogP contribution in [-0.2, 0) is 0 Å². The van der Waals surface area contributed by atoms with Gasteiger partial charge in [0.1, 0.15) is 5.82 Å². The van der Waals surface area contributed by atoms with Gasteiger partial charge in [0.2, 0.25) is 5.91 Å². The summed E-state index contributed by atoms with van der Waals surface area (Å²) in [7, 11) is 0. The largest absolute Gasteiger partial charge is 0.380 e. The van der Waals surface area contributed by atoms with Gasteiger partial charge in [-0.2, -0.15) is 0 Å². The van der Waals surface area contributed by atoms with Crippen LogP contribution in [0.25, 0.3) is 0 Å². The van der Waals surface area contributed by atoms with Crippen LogP contribution in [-0.4, -0.2) is 36.5 Å². The normalized spacial score (nSPS) is 17.1. The van der Waals surface area contributed by atoms with Gasteiger partial charge in [0, 0.05) is 24.7 Å². The Kier molecular flexibility index (Phi) is 4.95. The summed E-state index contributed by atoms with van der Waals surface area (Å²) in [6.45, 7) is 5.36. The Morgan fingerprint density at radius 2 is 2.15 bits per heavy atom. The third kappa shape index (κ3) is 3.70. The van der Waals surface area contributed by atoms with Gasteiger partial charge in [0.05, 0.1) is 5.69 Å². The Morgan fingerprint density at radius 1 is 1.45 bits per heavy atom. The molecule has 0 radical (unpaired) electrons. The lowest BCUT2D eigenvalue weighted by Crippen LogP contribution is -2.39. The molecule has 0 aliphatic carbocycles. The molecule has 0 aromatic heterocycles. The van der Waals surface area contributed by atoms with E-state index in [-0.39, 0.29) is 11.9 Å². The number of hydrogen-bond donors (Lipinski definition) is 2. The van der Waals surface area contributed by atoms with Crippen LogP contribution in [0.4, 0.5) is 10.1 Å². The van der Waals surface area contributed by atoms with E-state index >= 15 is 0 Å². The van der Waals surface area contributed by atoms with E-state index in [2.05, 4.69) is 17.1 Å². The van der Waals surface area contributed by atoms with E-state index in [1.54, 1.807) is 0 Å². The lowest BCUT2D eigenvalue weighted by molar-refractivity contribution is 0.100. The molecule has 110 valence electrons. The maximum absolute atomic E-state index is 13.8. The molecule has 1 saturated heterocycles. The average molecular weight is 279 g/mol. The first-order valence-electron chi connectivity index (χ1n) is 7.18. The number of benzene rings is 1. The molecule has 3 N–H and O–H groups in total. The van der Waals surface area contributed by atoms with Crippen molar-refractivity contribution < 1.29 is 9.18 Å². The molecule has 2 rings (SSSR count). The van der Waals surface area contributed by atoms with Crippen LogP contribution in [0.15, 0.2) is 18.2 Å². The SMILES string of the molecule is CCCN1CCC(Nc2cc(C(N)=O)ccc2F)CC1. The summed E-state index contributed by atoms with van der Waals surface area (Å²) in [5, 5.41) is 3.20. The fourth-order valence-corrected chi connectivity index (χ4v) is 2.63. The first-order chi connectivity index (χ1) is 9.60. The summed E-state index contributed by atoms with van der Waals surface area (Å²) in [6.07, 6.45) is 3.13. The maximum atomic E-state index is 13.8. The van der Waals surface area contributed by atoms with Crippen LogP contribution < -0.4 is 11.1 Å². The smallest absolute Gasteiger partial charge is 0.248 e. The Hall–Kier alpha value is -1.62. The predicted octanol–water partition coefficient (Wildman–Crippen LogP) is 2.21. The van der Waals surface area contributed by atoms with Gasteiger partial charge in [-0.3, -0.25) is 4.79 Å². The second kappa shape index (κ2) is 6.70. The van der Waals surface area contributed by atoms with Crippen molar-refractivity contribution in [3.8, 4) is 0 Å². The number of rotatable bonds is 5. The first kappa shape index (κ1) is 14.8. The second-order valence-corrected chi connectivity index (χ2v) is 5.32. The number of nitrogens with two attached hydrogens (primary N) is 1. The summed E-state index contributed by atoms with van der Waals surface area (Å²) in [6, 6.07) is 4.44.